The number of benzene rings is 2. The molecule has 0 aliphatic rings. The van der Waals surface area contributed by atoms with Crippen molar-refractivity contribution in [1.82, 2.24) is 20.2 Å². The highest BCUT2D eigenvalue weighted by Crippen LogP contribution is 2.19. The van der Waals surface area contributed by atoms with Gasteiger partial charge in [-0.05, 0) is 42.0 Å². The van der Waals surface area contributed by atoms with Crippen LogP contribution in [0.2, 0.25) is 0 Å². The zero-order chi connectivity index (χ0) is 19.7. The Balaban J connectivity index is 1.33. The monoisotopic (exact) mass is 384 g/mol. The van der Waals surface area contributed by atoms with Gasteiger partial charge in [0.25, 0.3) is 0 Å². The van der Waals surface area contributed by atoms with Gasteiger partial charge in [0.05, 0.1) is 18.4 Å². The van der Waals surface area contributed by atoms with E-state index in [0.717, 1.165) is 22.7 Å². The summed E-state index contributed by atoms with van der Waals surface area (Å²) in [7, 11) is 0. The molecule has 7 heteroatoms. The number of nitrogens with zero attached hydrogens (tertiary/aromatic N) is 4. The first-order valence-electron chi connectivity index (χ1n) is 9.22. The number of hydrogen-bond donors (Lipinski definition) is 2. The van der Waals surface area contributed by atoms with Crippen molar-refractivity contribution in [3.8, 4) is 5.75 Å². The molecule has 2 heterocycles. The van der Waals surface area contributed by atoms with E-state index in [1.807, 2.05) is 72.8 Å². The molecule has 7 nitrogen and oxygen atoms in total. The fraction of sp³-hybridized carbons (Fsp3) is 0.0909. The molecule has 0 aliphatic heterocycles. The normalized spacial score (nSPS) is 10.3. The average Bonchev–Trinajstić information content (AvgIpc) is 2.79. The first kappa shape index (κ1) is 18.4. The van der Waals surface area contributed by atoms with E-state index in [1.54, 1.807) is 12.4 Å². The van der Waals surface area contributed by atoms with Crippen LogP contribution in [0.15, 0.2) is 85.2 Å². The quantitative estimate of drug-likeness (QED) is 0.471. The fourth-order valence-electron chi connectivity index (χ4n) is 2.63. The van der Waals surface area contributed by atoms with Gasteiger partial charge in [-0.25, -0.2) is 0 Å². The number of pyridine rings is 1. The molecular formula is C22H20N6O. The van der Waals surface area contributed by atoms with Crippen molar-refractivity contribution in [2.45, 2.75) is 13.2 Å². The number of nitrogens with one attached hydrogen (secondary N) is 2. The molecule has 4 rings (SSSR count). The Bertz CT molecular complexity index is 1030. The molecule has 0 atom stereocenters. The lowest BCUT2D eigenvalue weighted by Gasteiger charge is -2.09. The Morgan fingerprint density at radius 2 is 1.69 bits per heavy atom. The third kappa shape index (κ3) is 5.49. The predicted octanol–water partition coefficient (Wildman–Crippen LogP) is 4.20. The summed E-state index contributed by atoms with van der Waals surface area (Å²) in [5.41, 5.74) is 2.90. The Hall–Kier alpha value is -4.00. The maximum absolute atomic E-state index is 5.80. The molecule has 0 bridgehead atoms. The molecule has 0 aliphatic carbocycles. The van der Waals surface area contributed by atoms with Crippen LogP contribution in [0.1, 0.15) is 11.3 Å². The lowest BCUT2D eigenvalue weighted by molar-refractivity contribution is 0.306. The van der Waals surface area contributed by atoms with Crippen LogP contribution >= 0.6 is 0 Å². The van der Waals surface area contributed by atoms with Crippen LogP contribution in [0.25, 0.3) is 0 Å². The van der Waals surface area contributed by atoms with Crippen LogP contribution in [0.3, 0.4) is 0 Å². The van der Waals surface area contributed by atoms with E-state index in [-0.39, 0.29) is 0 Å². The summed E-state index contributed by atoms with van der Waals surface area (Å²) < 4.78 is 5.80. The van der Waals surface area contributed by atoms with Gasteiger partial charge < -0.3 is 15.4 Å². The summed E-state index contributed by atoms with van der Waals surface area (Å²) in [6, 6.07) is 23.5. The third-order valence-electron chi connectivity index (χ3n) is 4.09. The van der Waals surface area contributed by atoms with Crippen molar-refractivity contribution in [2.75, 3.05) is 10.6 Å². The van der Waals surface area contributed by atoms with Crippen LogP contribution < -0.4 is 15.4 Å². The fourth-order valence-corrected chi connectivity index (χ4v) is 2.63. The van der Waals surface area contributed by atoms with Crippen LogP contribution in [0.4, 0.5) is 17.5 Å². The first-order chi connectivity index (χ1) is 14.3. The molecule has 0 radical (unpaired) electrons. The maximum Gasteiger partial charge on any atom is 0.249 e. The van der Waals surface area contributed by atoms with Crippen molar-refractivity contribution in [1.29, 1.82) is 0 Å². The van der Waals surface area contributed by atoms with Gasteiger partial charge in [0, 0.05) is 11.9 Å². The first-order valence-corrected chi connectivity index (χ1v) is 9.22. The summed E-state index contributed by atoms with van der Waals surface area (Å²) >= 11 is 0. The summed E-state index contributed by atoms with van der Waals surface area (Å²) in [5, 5.41) is 14.4. The molecule has 0 unspecified atom stereocenters. The smallest absolute Gasteiger partial charge is 0.249 e. The van der Waals surface area contributed by atoms with Gasteiger partial charge in [-0.1, -0.05) is 36.4 Å². The summed E-state index contributed by atoms with van der Waals surface area (Å²) in [5.74, 6) is 1.83. The highest BCUT2D eigenvalue weighted by Gasteiger charge is 2.03. The number of anilines is 3. The molecule has 0 fully saturated rings. The van der Waals surface area contributed by atoms with E-state index in [2.05, 4.69) is 30.8 Å². The second kappa shape index (κ2) is 9.27. The van der Waals surface area contributed by atoms with Gasteiger partial charge in [0.1, 0.15) is 12.4 Å². The topological polar surface area (TPSA) is 84.9 Å². The van der Waals surface area contributed by atoms with Crippen molar-refractivity contribution in [2.24, 2.45) is 0 Å². The molecule has 0 saturated carbocycles. The Morgan fingerprint density at radius 3 is 2.48 bits per heavy atom. The Kier molecular flexibility index (Phi) is 5.87. The number of ether oxygens (including phenoxy) is 1. The zero-order valence-electron chi connectivity index (χ0n) is 15.7. The van der Waals surface area contributed by atoms with Gasteiger partial charge in [0.2, 0.25) is 5.95 Å². The van der Waals surface area contributed by atoms with E-state index >= 15 is 0 Å². The molecule has 144 valence electrons. The van der Waals surface area contributed by atoms with Crippen molar-refractivity contribution >= 4 is 17.5 Å². The van der Waals surface area contributed by atoms with E-state index in [0.29, 0.717) is 24.9 Å². The molecule has 0 saturated heterocycles. The van der Waals surface area contributed by atoms with Crippen molar-refractivity contribution < 1.29 is 4.74 Å². The minimum atomic E-state index is 0.411. The van der Waals surface area contributed by atoms with Crippen LogP contribution in [-0.2, 0) is 13.2 Å². The molecule has 29 heavy (non-hydrogen) atoms. The van der Waals surface area contributed by atoms with Gasteiger partial charge >= 0.3 is 0 Å². The molecule has 0 amide bonds. The molecule has 0 spiro atoms. The SMILES string of the molecule is c1ccc(COc2ccc(Nc3nncc(NCc4ccccn4)n3)cc2)cc1. The van der Waals surface area contributed by atoms with Gasteiger partial charge in [-0.15, -0.1) is 5.10 Å². The Labute approximate surface area is 168 Å². The molecular weight excluding hydrogens is 364 g/mol. The van der Waals surface area contributed by atoms with E-state index in [4.69, 9.17) is 4.74 Å². The second-order valence-electron chi connectivity index (χ2n) is 6.26. The van der Waals surface area contributed by atoms with Crippen molar-refractivity contribution in [3.05, 3.63) is 96.4 Å². The molecule has 4 aromatic rings. The molecule has 2 N–H and O–H groups in total. The summed E-state index contributed by atoms with van der Waals surface area (Å²) in [6.07, 6.45) is 3.34. The zero-order valence-corrected chi connectivity index (χ0v) is 15.7. The van der Waals surface area contributed by atoms with Crippen LogP contribution in [0.5, 0.6) is 5.75 Å². The largest absolute Gasteiger partial charge is 0.489 e. The minimum absolute atomic E-state index is 0.411. The second-order valence-corrected chi connectivity index (χ2v) is 6.26. The van der Waals surface area contributed by atoms with E-state index in [1.165, 1.54) is 0 Å². The Morgan fingerprint density at radius 1 is 0.862 bits per heavy atom. The standard InChI is InChI=1S/C22H20N6O/c1-2-6-17(7-3-1)16-29-20-11-9-18(10-12-20)26-22-27-21(15-25-28-22)24-14-19-8-4-5-13-23-19/h1-13,15H,14,16H2,(H2,24,26,27,28). The van der Waals surface area contributed by atoms with Crippen LogP contribution in [-0.4, -0.2) is 20.2 Å². The number of rotatable bonds is 8. The highest BCUT2D eigenvalue weighted by molar-refractivity contribution is 5.55. The molecule has 2 aromatic carbocycles. The maximum atomic E-state index is 5.80. The summed E-state index contributed by atoms with van der Waals surface area (Å²) in [6.45, 7) is 1.09. The highest BCUT2D eigenvalue weighted by atomic mass is 16.5. The average molecular weight is 384 g/mol. The van der Waals surface area contributed by atoms with E-state index < -0.39 is 0 Å². The van der Waals surface area contributed by atoms with Crippen molar-refractivity contribution in [3.63, 3.8) is 0 Å². The van der Waals surface area contributed by atoms with Gasteiger partial charge in [-0.2, -0.15) is 10.1 Å². The summed E-state index contributed by atoms with van der Waals surface area (Å²) in [4.78, 5) is 8.70. The third-order valence-corrected chi connectivity index (χ3v) is 4.09. The predicted molar refractivity (Wildman–Crippen MR) is 112 cm³/mol. The van der Waals surface area contributed by atoms with Gasteiger partial charge in [-0.3, -0.25) is 4.98 Å². The number of hydrogen-bond acceptors (Lipinski definition) is 7. The van der Waals surface area contributed by atoms with E-state index in [9.17, 15) is 0 Å². The molecule has 2 aromatic heterocycles. The van der Waals surface area contributed by atoms with Gasteiger partial charge in [0.15, 0.2) is 5.82 Å². The lowest BCUT2D eigenvalue weighted by atomic mass is 10.2. The lowest BCUT2D eigenvalue weighted by Crippen LogP contribution is -2.06. The van der Waals surface area contributed by atoms with Crippen LogP contribution in [0, 0.1) is 0 Å². The minimum Gasteiger partial charge on any atom is -0.489 e. The number of aromatic nitrogens is 4.